The van der Waals surface area contributed by atoms with E-state index in [0.717, 1.165) is 135 Å². The van der Waals surface area contributed by atoms with Crippen LogP contribution in [0.5, 0.6) is 0 Å². The van der Waals surface area contributed by atoms with Crippen molar-refractivity contribution in [1.29, 1.82) is 0 Å². The van der Waals surface area contributed by atoms with Crippen molar-refractivity contribution in [2.24, 2.45) is 0 Å². The summed E-state index contributed by atoms with van der Waals surface area (Å²) < 4.78 is 10.6. The standard InChI is InChI=1S/C60H92O5/c1-3-5-7-9-11-13-15-17-19-20-21-22-23-24-25-26-27-28-29-30-31-32-33-34-35-36-37-38-39-40-41-43-45-47-49-51-53-55-60(63)65-58(56-61)57-64-59(62)54-52-50-48-46-44-42-18-16-14-12-10-8-6-4-2/h5,7,10-13,16-19,21-22,24-25,27-28,30-31,33-34,36-37,39-40,43,45,58,61H,3-4,6,8-9,14-15,20,23,26,29,32,35,38,41-42,44,46-57H2,1-2H3/b7-5-,12-10-,13-11-,18-16-,19-17-,22-21-,25-24-,28-27-,31-30-,34-33-,37-36-,40-39-,45-43-. The van der Waals surface area contributed by atoms with Crippen molar-refractivity contribution in [3.63, 3.8) is 0 Å². The number of allylic oxidation sites excluding steroid dienone is 26. The second kappa shape index (κ2) is 53.9. The van der Waals surface area contributed by atoms with Gasteiger partial charge in [0.15, 0.2) is 6.10 Å². The molecule has 0 spiro atoms. The zero-order chi connectivity index (χ0) is 47.0. The lowest BCUT2D eigenvalue weighted by Crippen LogP contribution is -2.28. The van der Waals surface area contributed by atoms with E-state index >= 15 is 0 Å². The highest BCUT2D eigenvalue weighted by atomic mass is 16.6. The third kappa shape index (κ3) is 52.0. The van der Waals surface area contributed by atoms with Gasteiger partial charge in [-0.3, -0.25) is 9.59 Å². The van der Waals surface area contributed by atoms with Gasteiger partial charge in [0.1, 0.15) is 6.61 Å². The molecule has 1 N–H and O–H groups in total. The van der Waals surface area contributed by atoms with Gasteiger partial charge < -0.3 is 14.6 Å². The Labute approximate surface area is 399 Å². The van der Waals surface area contributed by atoms with Crippen LogP contribution in [0.1, 0.15) is 187 Å². The lowest BCUT2D eigenvalue weighted by molar-refractivity contribution is -0.161. The Hall–Kier alpha value is -4.48. The molecule has 0 radical (unpaired) electrons. The third-order valence-electron chi connectivity index (χ3n) is 10.1. The normalized spacial score (nSPS) is 13.6. The number of carbonyl (C=O) groups is 2. The van der Waals surface area contributed by atoms with E-state index in [0.29, 0.717) is 12.8 Å². The Morgan fingerprint density at radius 2 is 0.662 bits per heavy atom. The van der Waals surface area contributed by atoms with Crippen LogP contribution in [0.15, 0.2) is 158 Å². The van der Waals surface area contributed by atoms with Crippen LogP contribution in [0.4, 0.5) is 0 Å². The first-order valence-corrected chi connectivity index (χ1v) is 25.5. The van der Waals surface area contributed by atoms with Gasteiger partial charge in [-0.2, -0.15) is 0 Å². The average Bonchev–Trinajstić information content (AvgIpc) is 3.31. The number of rotatable bonds is 44. The molecule has 0 heterocycles. The minimum absolute atomic E-state index is 0.0974. The summed E-state index contributed by atoms with van der Waals surface area (Å²) in [6, 6.07) is 0. The molecular formula is C60H92O5. The molecule has 0 amide bonds. The number of esters is 2. The number of hydrogen-bond acceptors (Lipinski definition) is 5. The fourth-order valence-electron chi connectivity index (χ4n) is 6.22. The van der Waals surface area contributed by atoms with Crippen LogP contribution in [0.3, 0.4) is 0 Å². The summed E-state index contributed by atoms with van der Waals surface area (Å²) in [5.74, 6) is -0.661. The van der Waals surface area contributed by atoms with E-state index in [1.807, 2.05) is 0 Å². The van der Waals surface area contributed by atoms with Crippen LogP contribution in [0.25, 0.3) is 0 Å². The summed E-state index contributed by atoms with van der Waals surface area (Å²) in [4.78, 5) is 24.4. The summed E-state index contributed by atoms with van der Waals surface area (Å²) in [5.41, 5.74) is 0. The van der Waals surface area contributed by atoms with Gasteiger partial charge in [0.2, 0.25) is 0 Å². The Morgan fingerprint density at radius 1 is 0.369 bits per heavy atom. The summed E-state index contributed by atoms with van der Waals surface area (Å²) in [6.45, 7) is 3.92. The van der Waals surface area contributed by atoms with E-state index < -0.39 is 6.10 Å². The van der Waals surface area contributed by atoms with Crippen molar-refractivity contribution in [1.82, 2.24) is 0 Å². The van der Waals surface area contributed by atoms with Crippen LogP contribution in [-0.2, 0) is 19.1 Å². The van der Waals surface area contributed by atoms with Gasteiger partial charge in [0.25, 0.3) is 0 Å². The highest BCUT2D eigenvalue weighted by Gasteiger charge is 2.16. The van der Waals surface area contributed by atoms with Gasteiger partial charge in [0, 0.05) is 12.8 Å². The summed E-state index contributed by atoms with van der Waals surface area (Å²) in [6.07, 6.45) is 83.3. The second-order valence-corrected chi connectivity index (χ2v) is 16.2. The van der Waals surface area contributed by atoms with Crippen LogP contribution in [0, 0.1) is 0 Å². The van der Waals surface area contributed by atoms with Crippen molar-refractivity contribution in [2.75, 3.05) is 13.2 Å². The minimum atomic E-state index is -0.807. The van der Waals surface area contributed by atoms with E-state index in [2.05, 4.69) is 172 Å². The maximum Gasteiger partial charge on any atom is 0.306 e. The van der Waals surface area contributed by atoms with E-state index in [4.69, 9.17) is 9.47 Å². The molecule has 362 valence electrons. The van der Waals surface area contributed by atoms with Gasteiger partial charge in [-0.25, -0.2) is 0 Å². The second-order valence-electron chi connectivity index (χ2n) is 16.2. The molecule has 0 bridgehead atoms. The molecule has 1 unspecified atom stereocenters. The molecule has 0 aromatic heterocycles. The quantitative estimate of drug-likeness (QED) is 0.0375. The van der Waals surface area contributed by atoms with Crippen molar-refractivity contribution < 1.29 is 24.2 Å². The van der Waals surface area contributed by atoms with Gasteiger partial charge in [0.05, 0.1) is 6.61 Å². The van der Waals surface area contributed by atoms with E-state index in [9.17, 15) is 14.7 Å². The molecule has 0 aliphatic carbocycles. The van der Waals surface area contributed by atoms with Gasteiger partial charge in [-0.1, -0.05) is 210 Å². The lowest BCUT2D eigenvalue weighted by Gasteiger charge is -2.15. The molecule has 0 aliphatic rings. The molecule has 0 saturated heterocycles. The number of aliphatic hydroxyl groups is 1. The molecule has 0 fully saturated rings. The van der Waals surface area contributed by atoms with Crippen LogP contribution in [-0.4, -0.2) is 36.4 Å². The maximum absolute atomic E-state index is 12.2. The van der Waals surface area contributed by atoms with E-state index in [-0.39, 0.29) is 25.2 Å². The molecule has 0 aliphatic heterocycles. The molecule has 0 aromatic rings. The highest BCUT2D eigenvalue weighted by Crippen LogP contribution is 2.11. The predicted molar refractivity (Wildman–Crippen MR) is 283 cm³/mol. The first-order valence-electron chi connectivity index (χ1n) is 25.5. The SMILES string of the molecule is CC/C=C\C/C=C\C/C=C\C/C=C\C/C=C\C/C=C\C/C=C\C/C=C\C/C=C\C/C=C\C/C=C\CCCCCC(=O)OC(CO)COC(=O)CCCCCCC/C=C\C/C=C\CCCC. The maximum atomic E-state index is 12.2. The van der Waals surface area contributed by atoms with Crippen LogP contribution in [0.2, 0.25) is 0 Å². The van der Waals surface area contributed by atoms with Crippen molar-refractivity contribution in [3.05, 3.63) is 158 Å². The molecule has 1 atom stereocenters. The Morgan fingerprint density at radius 3 is 1.02 bits per heavy atom. The van der Waals surface area contributed by atoms with Crippen molar-refractivity contribution in [3.8, 4) is 0 Å². The van der Waals surface area contributed by atoms with Crippen LogP contribution >= 0.6 is 0 Å². The number of carbonyl (C=O) groups excluding carboxylic acids is 2. The van der Waals surface area contributed by atoms with Crippen molar-refractivity contribution >= 4 is 11.9 Å². The molecule has 0 aromatic carbocycles. The average molecular weight is 893 g/mol. The van der Waals surface area contributed by atoms with E-state index in [1.165, 1.54) is 25.7 Å². The van der Waals surface area contributed by atoms with E-state index in [1.54, 1.807) is 0 Å². The first-order chi connectivity index (χ1) is 32.1. The molecule has 0 rings (SSSR count). The Balaban J connectivity index is 3.72. The zero-order valence-electron chi connectivity index (χ0n) is 41.2. The monoisotopic (exact) mass is 893 g/mol. The topological polar surface area (TPSA) is 72.8 Å². The first kappa shape index (κ1) is 60.5. The molecule has 0 saturated carbocycles. The largest absolute Gasteiger partial charge is 0.462 e. The number of unbranched alkanes of at least 4 members (excludes halogenated alkanes) is 10. The molecular weight excluding hydrogens is 801 g/mol. The van der Waals surface area contributed by atoms with Gasteiger partial charge in [-0.15, -0.1) is 0 Å². The highest BCUT2D eigenvalue weighted by molar-refractivity contribution is 5.70. The van der Waals surface area contributed by atoms with Gasteiger partial charge in [-0.05, 0) is 122 Å². The fourth-order valence-corrected chi connectivity index (χ4v) is 6.22. The van der Waals surface area contributed by atoms with Crippen molar-refractivity contribution in [2.45, 2.75) is 193 Å². The van der Waals surface area contributed by atoms with Gasteiger partial charge >= 0.3 is 11.9 Å². The van der Waals surface area contributed by atoms with Crippen LogP contribution < -0.4 is 0 Å². The Kier molecular flexibility index (Phi) is 50.1. The summed E-state index contributed by atoms with van der Waals surface area (Å²) in [7, 11) is 0. The molecule has 5 heteroatoms. The molecule has 5 nitrogen and oxygen atoms in total. The minimum Gasteiger partial charge on any atom is -0.462 e. The smallest absolute Gasteiger partial charge is 0.306 e. The lowest BCUT2D eigenvalue weighted by atomic mass is 10.1. The summed E-state index contributed by atoms with van der Waals surface area (Å²) in [5, 5.41) is 9.60. The number of ether oxygens (including phenoxy) is 2. The Bertz CT molecular complexity index is 1470. The summed E-state index contributed by atoms with van der Waals surface area (Å²) >= 11 is 0. The third-order valence-corrected chi connectivity index (χ3v) is 10.1. The predicted octanol–water partition coefficient (Wildman–Crippen LogP) is 17.2. The number of hydrogen-bond donors (Lipinski definition) is 1. The fraction of sp³-hybridized carbons (Fsp3) is 0.533. The molecule has 65 heavy (non-hydrogen) atoms. The zero-order valence-corrected chi connectivity index (χ0v) is 41.2. The number of aliphatic hydroxyl groups excluding tert-OH is 1.